The molecule has 0 aromatic carbocycles. The van der Waals surface area contributed by atoms with Crippen LogP contribution in [0.25, 0.3) is 0 Å². The van der Waals surface area contributed by atoms with Crippen LogP contribution in [0.5, 0.6) is 0 Å². The fraction of sp³-hybridized carbons (Fsp3) is 0.909. The zero-order chi connectivity index (χ0) is 11.3. The molecule has 4 heteroatoms. The molecule has 1 fully saturated rings. The van der Waals surface area contributed by atoms with Crippen molar-refractivity contribution in [3.8, 4) is 0 Å². The van der Waals surface area contributed by atoms with Crippen molar-refractivity contribution >= 4 is 6.03 Å². The number of aliphatic hydroxyl groups excluding tert-OH is 1. The molecule has 88 valence electrons. The van der Waals surface area contributed by atoms with Crippen molar-refractivity contribution in [2.24, 2.45) is 5.92 Å². The minimum atomic E-state index is -0.100. The molecule has 0 saturated carbocycles. The van der Waals surface area contributed by atoms with Crippen molar-refractivity contribution in [3.05, 3.63) is 0 Å². The monoisotopic (exact) mass is 214 g/mol. The van der Waals surface area contributed by atoms with E-state index in [0.29, 0.717) is 0 Å². The quantitative estimate of drug-likeness (QED) is 0.741. The Hall–Kier alpha value is -0.770. The Bertz CT molecular complexity index is 197. The zero-order valence-electron chi connectivity index (χ0n) is 9.70. The van der Waals surface area contributed by atoms with Gasteiger partial charge in [0.15, 0.2) is 0 Å². The maximum atomic E-state index is 11.7. The largest absolute Gasteiger partial charge is 0.394 e. The summed E-state index contributed by atoms with van der Waals surface area (Å²) in [6.45, 7) is 5.88. The molecule has 0 aromatic heterocycles. The van der Waals surface area contributed by atoms with Crippen LogP contribution in [0.3, 0.4) is 0 Å². The van der Waals surface area contributed by atoms with E-state index in [1.165, 1.54) is 0 Å². The minimum absolute atomic E-state index is 0.0203. The summed E-state index contributed by atoms with van der Waals surface area (Å²) in [5.74, 6) is 0.730. The van der Waals surface area contributed by atoms with Crippen LogP contribution in [0.4, 0.5) is 4.79 Å². The van der Waals surface area contributed by atoms with E-state index in [2.05, 4.69) is 12.2 Å². The topological polar surface area (TPSA) is 52.6 Å². The Labute approximate surface area is 91.6 Å². The second kappa shape index (κ2) is 5.95. The third-order valence-corrected chi connectivity index (χ3v) is 3.11. The molecule has 1 heterocycles. The summed E-state index contributed by atoms with van der Waals surface area (Å²) in [4.78, 5) is 13.6. The van der Waals surface area contributed by atoms with E-state index >= 15 is 0 Å². The number of carbonyl (C=O) groups is 1. The van der Waals surface area contributed by atoms with Crippen LogP contribution in [-0.4, -0.2) is 41.8 Å². The summed E-state index contributed by atoms with van der Waals surface area (Å²) < 4.78 is 0. The summed E-state index contributed by atoms with van der Waals surface area (Å²) >= 11 is 0. The van der Waals surface area contributed by atoms with E-state index in [4.69, 9.17) is 5.11 Å². The number of hydrogen-bond acceptors (Lipinski definition) is 2. The van der Waals surface area contributed by atoms with Crippen molar-refractivity contribution in [2.75, 3.05) is 19.7 Å². The van der Waals surface area contributed by atoms with Crippen LogP contribution >= 0.6 is 0 Å². The summed E-state index contributed by atoms with van der Waals surface area (Å²) in [7, 11) is 0. The van der Waals surface area contributed by atoms with Gasteiger partial charge in [0.05, 0.1) is 12.6 Å². The lowest BCUT2D eigenvalue weighted by molar-refractivity contribution is 0.161. The van der Waals surface area contributed by atoms with Crippen molar-refractivity contribution < 1.29 is 9.90 Å². The number of urea groups is 1. The molecular formula is C11H22N2O2. The molecule has 1 atom stereocenters. The van der Waals surface area contributed by atoms with Gasteiger partial charge in [-0.2, -0.15) is 0 Å². The van der Waals surface area contributed by atoms with E-state index < -0.39 is 0 Å². The molecule has 0 spiro atoms. The molecule has 1 saturated heterocycles. The van der Waals surface area contributed by atoms with Crippen LogP contribution in [0, 0.1) is 5.92 Å². The van der Waals surface area contributed by atoms with Gasteiger partial charge in [-0.1, -0.05) is 13.8 Å². The van der Waals surface area contributed by atoms with Crippen molar-refractivity contribution in [1.82, 2.24) is 10.2 Å². The van der Waals surface area contributed by atoms with Crippen LogP contribution < -0.4 is 5.32 Å². The first-order chi connectivity index (χ1) is 7.17. The maximum Gasteiger partial charge on any atom is 0.317 e. The van der Waals surface area contributed by atoms with E-state index in [1.807, 2.05) is 11.8 Å². The highest BCUT2D eigenvalue weighted by molar-refractivity contribution is 5.74. The molecule has 4 nitrogen and oxygen atoms in total. The number of piperidine rings is 1. The Kier molecular flexibility index (Phi) is 4.88. The van der Waals surface area contributed by atoms with Gasteiger partial charge >= 0.3 is 6.03 Å². The van der Waals surface area contributed by atoms with Gasteiger partial charge in [0.1, 0.15) is 0 Å². The maximum absolute atomic E-state index is 11.7. The third kappa shape index (κ3) is 3.70. The number of aliphatic hydroxyl groups is 1. The molecule has 15 heavy (non-hydrogen) atoms. The van der Waals surface area contributed by atoms with Crippen LogP contribution in [0.2, 0.25) is 0 Å². The Balaban J connectivity index is 2.33. The number of hydrogen-bond donors (Lipinski definition) is 2. The molecule has 2 amide bonds. The molecule has 0 radical (unpaired) electrons. The Morgan fingerprint density at radius 2 is 2.13 bits per heavy atom. The molecule has 0 unspecified atom stereocenters. The summed E-state index contributed by atoms with van der Waals surface area (Å²) in [5, 5.41) is 11.8. The molecule has 1 rings (SSSR count). The predicted molar refractivity (Wildman–Crippen MR) is 59.7 cm³/mol. The first-order valence-electron chi connectivity index (χ1n) is 5.83. The number of nitrogens with zero attached hydrogens (tertiary/aromatic N) is 1. The van der Waals surface area contributed by atoms with Gasteiger partial charge in [-0.05, 0) is 25.2 Å². The summed E-state index contributed by atoms with van der Waals surface area (Å²) in [6.07, 6.45) is 2.94. The van der Waals surface area contributed by atoms with Crippen molar-refractivity contribution in [3.63, 3.8) is 0 Å². The molecular weight excluding hydrogens is 192 g/mol. The average molecular weight is 214 g/mol. The van der Waals surface area contributed by atoms with E-state index in [-0.39, 0.29) is 18.7 Å². The lowest BCUT2D eigenvalue weighted by Gasteiger charge is -2.31. The Morgan fingerprint density at radius 1 is 1.53 bits per heavy atom. The highest BCUT2D eigenvalue weighted by Gasteiger charge is 2.21. The average Bonchev–Trinajstić information content (AvgIpc) is 2.26. The van der Waals surface area contributed by atoms with E-state index in [9.17, 15) is 4.79 Å². The smallest absolute Gasteiger partial charge is 0.317 e. The molecule has 0 aliphatic carbocycles. The van der Waals surface area contributed by atoms with Gasteiger partial charge in [0.2, 0.25) is 0 Å². The van der Waals surface area contributed by atoms with Crippen molar-refractivity contribution in [2.45, 2.75) is 39.2 Å². The second-order valence-corrected chi connectivity index (χ2v) is 4.41. The van der Waals surface area contributed by atoms with Crippen LogP contribution in [0.1, 0.15) is 33.1 Å². The molecule has 1 aliphatic rings. The highest BCUT2D eigenvalue weighted by Crippen LogP contribution is 2.15. The molecule has 0 aromatic rings. The molecule has 1 aliphatic heterocycles. The van der Waals surface area contributed by atoms with Gasteiger partial charge < -0.3 is 15.3 Å². The molecule has 2 N–H and O–H groups in total. The lowest BCUT2D eigenvalue weighted by atomic mass is 10.00. The highest BCUT2D eigenvalue weighted by atomic mass is 16.3. The van der Waals surface area contributed by atoms with E-state index in [1.54, 1.807) is 0 Å². The Morgan fingerprint density at radius 3 is 2.60 bits per heavy atom. The number of amides is 2. The van der Waals surface area contributed by atoms with Gasteiger partial charge in [0, 0.05) is 13.1 Å². The minimum Gasteiger partial charge on any atom is -0.394 e. The third-order valence-electron chi connectivity index (χ3n) is 3.11. The van der Waals surface area contributed by atoms with Crippen LogP contribution in [-0.2, 0) is 0 Å². The van der Waals surface area contributed by atoms with E-state index in [0.717, 1.165) is 38.3 Å². The lowest BCUT2D eigenvalue weighted by Crippen LogP contribution is -2.48. The standard InChI is InChI=1S/C11H22N2O2/c1-3-10(8-14)12-11(15)13-6-4-9(2)5-7-13/h9-10,14H,3-8H2,1-2H3,(H,12,15)/t10-/m0/s1. The van der Waals surface area contributed by atoms with Gasteiger partial charge in [0.25, 0.3) is 0 Å². The first-order valence-corrected chi connectivity index (χ1v) is 5.83. The van der Waals surface area contributed by atoms with Crippen LogP contribution in [0.15, 0.2) is 0 Å². The summed E-state index contributed by atoms with van der Waals surface area (Å²) in [5.41, 5.74) is 0. The van der Waals surface area contributed by atoms with Gasteiger partial charge in [-0.25, -0.2) is 4.79 Å². The number of likely N-dealkylation sites (tertiary alicyclic amines) is 1. The normalized spacial score (nSPS) is 20.1. The zero-order valence-corrected chi connectivity index (χ0v) is 9.70. The predicted octanol–water partition coefficient (Wildman–Crippen LogP) is 1.20. The summed E-state index contributed by atoms with van der Waals surface area (Å²) in [6, 6.07) is -0.125. The second-order valence-electron chi connectivity index (χ2n) is 4.41. The van der Waals surface area contributed by atoms with Crippen molar-refractivity contribution in [1.29, 1.82) is 0 Å². The SMILES string of the molecule is CC[C@@H](CO)NC(=O)N1CCC(C)CC1. The molecule has 0 bridgehead atoms. The fourth-order valence-electron chi connectivity index (χ4n) is 1.75. The first kappa shape index (κ1) is 12.3. The number of nitrogens with one attached hydrogen (secondary N) is 1. The van der Waals surface area contributed by atoms with Gasteiger partial charge in [-0.3, -0.25) is 0 Å². The number of carbonyl (C=O) groups excluding carboxylic acids is 1. The fourth-order valence-corrected chi connectivity index (χ4v) is 1.75. The van der Waals surface area contributed by atoms with Gasteiger partial charge in [-0.15, -0.1) is 0 Å². The number of rotatable bonds is 3.